The second-order valence-corrected chi connectivity index (χ2v) is 10.8. The predicted octanol–water partition coefficient (Wildman–Crippen LogP) is -3.56. The van der Waals surface area contributed by atoms with E-state index in [4.69, 9.17) is 0 Å². The Morgan fingerprint density at radius 3 is 2.47 bits per heavy atom. The minimum atomic E-state index is -4.44. The van der Waals surface area contributed by atoms with E-state index in [1.54, 1.807) is 13.8 Å². The van der Waals surface area contributed by atoms with Crippen LogP contribution in [0.15, 0.2) is 30.3 Å². The van der Waals surface area contributed by atoms with Crippen molar-refractivity contribution in [2.75, 3.05) is 12.3 Å². The number of benzene rings is 1. The maximum absolute atomic E-state index is 12.6. The van der Waals surface area contributed by atoms with Gasteiger partial charge in [0.25, 0.3) is 0 Å². The van der Waals surface area contributed by atoms with E-state index in [1.165, 1.54) is 16.7 Å². The third-order valence-corrected chi connectivity index (χ3v) is 7.14. The van der Waals surface area contributed by atoms with Crippen LogP contribution in [0, 0.1) is 0 Å². The smallest absolute Gasteiger partial charge is 0.748 e. The average molecular weight is 464 g/mol. The molecule has 12 heteroatoms. The van der Waals surface area contributed by atoms with E-state index in [0.717, 1.165) is 5.56 Å². The molecule has 0 radical (unpaired) electrons. The quantitative estimate of drug-likeness (QED) is 0.243. The minimum Gasteiger partial charge on any atom is -0.748 e. The van der Waals surface area contributed by atoms with Crippen LogP contribution in [0.2, 0.25) is 0 Å². The van der Waals surface area contributed by atoms with E-state index in [-0.39, 0.29) is 59.7 Å². The zero-order chi connectivity index (χ0) is 21.4. The first-order chi connectivity index (χ1) is 13.5. The molecule has 158 valence electrons. The van der Waals surface area contributed by atoms with Crippen LogP contribution < -0.4 is 40.2 Å². The van der Waals surface area contributed by atoms with E-state index in [9.17, 15) is 27.4 Å². The number of rotatable bonds is 7. The summed E-state index contributed by atoms with van der Waals surface area (Å²) in [7, 11) is -4.44. The third-order valence-electron chi connectivity index (χ3n) is 4.86. The number of nitrogens with zero attached hydrogens (tertiary/aromatic N) is 1. The van der Waals surface area contributed by atoms with Gasteiger partial charge in [-0.1, -0.05) is 30.3 Å². The molecule has 2 fully saturated rings. The van der Waals surface area contributed by atoms with Crippen molar-refractivity contribution in [3.8, 4) is 0 Å². The molecule has 3 rings (SSSR count). The van der Waals surface area contributed by atoms with Gasteiger partial charge in [0.1, 0.15) is 17.5 Å². The molecule has 2 aliphatic rings. The summed E-state index contributed by atoms with van der Waals surface area (Å²) in [5.74, 6) is -1.86. The molecule has 0 unspecified atom stereocenters. The van der Waals surface area contributed by atoms with Gasteiger partial charge in [0.2, 0.25) is 17.7 Å². The standard InChI is InChI=1S/C18H23N3O6S2.Na/c1-18(2)14(15(23)19-8-9-29(25,26)27)21-16(24)13(17(21)28-18)20-12(22)10-11-6-4-3-5-7-11;/h3-7,13-14,17H,8-10H2,1-2H3,(H,19,23)(H,20,22)(H,25,26,27);/q;+1/p-1/t13-,14+,17-;/m1./s1. The van der Waals surface area contributed by atoms with Crippen LogP contribution in [0.25, 0.3) is 0 Å². The number of hydrogen-bond donors (Lipinski definition) is 2. The summed E-state index contributed by atoms with van der Waals surface area (Å²) in [5, 5.41) is 4.78. The van der Waals surface area contributed by atoms with Crippen LogP contribution in [-0.4, -0.2) is 70.1 Å². The number of β-lactam (4-membered cyclic amide) rings is 1. The Balaban J connectivity index is 0.00000320. The first-order valence-electron chi connectivity index (χ1n) is 9.04. The number of amides is 3. The molecule has 9 nitrogen and oxygen atoms in total. The van der Waals surface area contributed by atoms with Crippen LogP contribution >= 0.6 is 11.8 Å². The summed E-state index contributed by atoms with van der Waals surface area (Å²) in [6.45, 7) is 3.30. The summed E-state index contributed by atoms with van der Waals surface area (Å²) < 4.78 is 31.5. The zero-order valence-electron chi connectivity index (χ0n) is 17.0. The number of carbonyl (C=O) groups is 3. The fourth-order valence-corrected chi connectivity index (χ4v) is 5.56. The summed E-state index contributed by atoms with van der Waals surface area (Å²) in [4.78, 5) is 38.9. The Bertz CT molecular complexity index is 925. The van der Waals surface area contributed by atoms with Gasteiger partial charge in [-0.15, -0.1) is 11.8 Å². The third kappa shape index (κ3) is 5.57. The Labute approximate surface area is 201 Å². The molecule has 3 amide bonds. The molecular formula is C18H22N3NaO6S2. The number of carbonyl (C=O) groups excluding carboxylic acids is 3. The first kappa shape index (κ1) is 25.2. The van der Waals surface area contributed by atoms with Crippen molar-refractivity contribution in [1.82, 2.24) is 15.5 Å². The van der Waals surface area contributed by atoms with E-state index >= 15 is 0 Å². The summed E-state index contributed by atoms with van der Waals surface area (Å²) in [5.41, 5.74) is 0.832. The van der Waals surface area contributed by atoms with Crippen LogP contribution in [0.1, 0.15) is 19.4 Å². The summed E-state index contributed by atoms with van der Waals surface area (Å²) >= 11 is 1.40. The van der Waals surface area contributed by atoms with E-state index in [2.05, 4.69) is 10.6 Å². The fourth-order valence-electron chi connectivity index (χ4n) is 3.57. The maximum atomic E-state index is 12.6. The van der Waals surface area contributed by atoms with E-state index in [0.29, 0.717) is 0 Å². The van der Waals surface area contributed by atoms with Crippen LogP contribution in [0.3, 0.4) is 0 Å². The molecule has 3 atom stereocenters. The van der Waals surface area contributed by atoms with Gasteiger partial charge in [-0.25, -0.2) is 8.42 Å². The Hall–Kier alpha value is -1.11. The Kier molecular flexibility index (Phi) is 8.03. The van der Waals surface area contributed by atoms with Gasteiger partial charge >= 0.3 is 29.6 Å². The molecule has 0 bridgehead atoms. The molecule has 2 heterocycles. The molecule has 0 spiro atoms. The van der Waals surface area contributed by atoms with E-state index in [1.807, 2.05) is 30.3 Å². The second-order valence-electron chi connectivity index (χ2n) is 7.52. The van der Waals surface area contributed by atoms with Crippen molar-refractivity contribution in [3.05, 3.63) is 35.9 Å². The second kappa shape index (κ2) is 9.58. The van der Waals surface area contributed by atoms with Crippen molar-refractivity contribution in [1.29, 1.82) is 0 Å². The monoisotopic (exact) mass is 463 g/mol. The molecule has 1 aromatic carbocycles. The summed E-state index contributed by atoms with van der Waals surface area (Å²) in [6.07, 6.45) is 0.152. The number of nitrogens with one attached hydrogen (secondary N) is 2. The van der Waals surface area contributed by atoms with Gasteiger partial charge in [-0.05, 0) is 19.4 Å². The van der Waals surface area contributed by atoms with Gasteiger partial charge in [0.15, 0.2) is 0 Å². The Morgan fingerprint density at radius 2 is 1.87 bits per heavy atom. The Morgan fingerprint density at radius 1 is 1.23 bits per heavy atom. The van der Waals surface area contributed by atoms with Crippen molar-refractivity contribution in [3.63, 3.8) is 0 Å². The summed E-state index contributed by atoms with van der Waals surface area (Å²) in [6, 6.07) is 7.63. The van der Waals surface area contributed by atoms with Gasteiger partial charge in [0, 0.05) is 11.3 Å². The van der Waals surface area contributed by atoms with Gasteiger partial charge in [0.05, 0.1) is 22.3 Å². The minimum absolute atomic E-state index is 0. The molecule has 0 aliphatic carbocycles. The molecule has 1 aromatic rings. The van der Waals surface area contributed by atoms with Crippen LogP contribution in [0.4, 0.5) is 0 Å². The predicted molar refractivity (Wildman–Crippen MR) is 106 cm³/mol. The fraction of sp³-hybridized carbons (Fsp3) is 0.500. The molecule has 2 aliphatic heterocycles. The van der Waals surface area contributed by atoms with Crippen molar-refractivity contribution >= 4 is 39.6 Å². The normalized spacial score (nSPS) is 24.3. The number of fused-ring (bicyclic) bond motifs is 1. The van der Waals surface area contributed by atoms with Gasteiger partial charge < -0.3 is 20.1 Å². The molecule has 2 N–H and O–H groups in total. The van der Waals surface area contributed by atoms with Gasteiger partial charge in [-0.2, -0.15) is 0 Å². The zero-order valence-corrected chi connectivity index (χ0v) is 20.6. The SMILES string of the molecule is CC1(C)S[C@@H]2[C@H](NC(=O)Cc3ccccc3)C(=O)N2[C@H]1C(=O)NCCS(=O)(=O)[O-].[Na+]. The van der Waals surface area contributed by atoms with Crippen LogP contribution in [-0.2, 0) is 30.9 Å². The van der Waals surface area contributed by atoms with E-state index < -0.39 is 38.6 Å². The largest absolute Gasteiger partial charge is 1.00 e. The van der Waals surface area contributed by atoms with Crippen molar-refractivity contribution in [2.45, 2.75) is 42.5 Å². The number of thioether (sulfide) groups is 1. The van der Waals surface area contributed by atoms with Crippen molar-refractivity contribution in [2.24, 2.45) is 0 Å². The molecule has 0 saturated carbocycles. The molecule has 30 heavy (non-hydrogen) atoms. The number of hydrogen-bond acceptors (Lipinski definition) is 7. The van der Waals surface area contributed by atoms with Gasteiger partial charge in [-0.3, -0.25) is 14.4 Å². The first-order valence-corrected chi connectivity index (χ1v) is 11.5. The average Bonchev–Trinajstić information content (AvgIpc) is 2.87. The topological polar surface area (TPSA) is 136 Å². The van der Waals surface area contributed by atoms with Crippen LogP contribution in [0.5, 0.6) is 0 Å². The van der Waals surface area contributed by atoms with Crippen molar-refractivity contribution < 1.29 is 56.9 Å². The maximum Gasteiger partial charge on any atom is 1.00 e. The molecule has 2 saturated heterocycles. The molecular weight excluding hydrogens is 441 g/mol. The molecule has 0 aromatic heterocycles.